The third-order valence-corrected chi connectivity index (χ3v) is 5.18. The molecule has 7 heteroatoms. The molecule has 18 heavy (non-hydrogen) atoms. The van der Waals surface area contributed by atoms with E-state index in [0.29, 0.717) is 17.9 Å². The van der Waals surface area contributed by atoms with E-state index in [2.05, 4.69) is 0 Å². The minimum absolute atomic E-state index is 0.0602. The number of benzene rings is 1. The number of rotatable bonds is 5. The highest BCUT2D eigenvalue weighted by molar-refractivity contribution is 7.98. The monoisotopic (exact) mass is 292 g/mol. The summed E-state index contributed by atoms with van der Waals surface area (Å²) in [7, 11) is -2.10. The van der Waals surface area contributed by atoms with E-state index in [0.717, 1.165) is 6.07 Å². The van der Waals surface area contributed by atoms with Gasteiger partial charge in [-0.05, 0) is 30.9 Å². The van der Waals surface area contributed by atoms with Crippen molar-refractivity contribution in [1.29, 1.82) is 0 Å². The van der Waals surface area contributed by atoms with Crippen LogP contribution < -0.4 is 5.73 Å². The van der Waals surface area contributed by atoms with Crippen molar-refractivity contribution in [2.24, 2.45) is 0 Å². The SMILES string of the molecule is CSCCN(C)S(=O)(=O)c1cc(N)c(F)cc1C. The second-order valence-corrected chi connectivity index (χ2v) is 6.96. The minimum atomic E-state index is -3.61. The number of nitrogens with zero attached hydrogens (tertiary/aromatic N) is 1. The Bertz CT molecular complexity index is 532. The molecule has 2 N–H and O–H groups in total. The van der Waals surface area contributed by atoms with Crippen molar-refractivity contribution in [3.63, 3.8) is 0 Å². The molecule has 0 fully saturated rings. The Balaban J connectivity index is 3.16. The molecule has 102 valence electrons. The van der Waals surface area contributed by atoms with Gasteiger partial charge in [0.2, 0.25) is 10.0 Å². The molecule has 1 aromatic carbocycles. The Kier molecular flexibility index (Phi) is 5.01. The third kappa shape index (κ3) is 3.15. The molecule has 0 unspecified atom stereocenters. The van der Waals surface area contributed by atoms with Crippen molar-refractivity contribution in [2.75, 3.05) is 31.3 Å². The first kappa shape index (κ1) is 15.3. The molecule has 1 aromatic rings. The van der Waals surface area contributed by atoms with Gasteiger partial charge in [0, 0.05) is 19.3 Å². The lowest BCUT2D eigenvalue weighted by atomic mass is 10.2. The molecule has 0 bridgehead atoms. The second kappa shape index (κ2) is 5.90. The van der Waals surface area contributed by atoms with Gasteiger partial charge >= 0.3 is 0 Å². The lowest BCUT2D eigenvalue weighted by Crippen LogP contribution is -2.29. The summed E-state index contributed by atoms with van der Waals surface area (Å²) in [5, 5.41) is 0. The zero-order chi connectivity index (χ0) is 13.9. The average Bonchev–Trinajstić information content (AvgIpc) is 2.30. The van der Waals surface area contributed by atoms with Crippen molar-refractivity contribution in [1.82, 2.24) is 4.31 Å². The minimum Gasteiger partial charge on any atom is -0.396 e. The Hall–Kier alpha value is -0.790. The van der Waals surface area contributed by atoms with Crippen LogP contribution in [0.1, 0.15) is 5.56 Å². The molecule has 4 nitrogen and oxygen atoms in total. The summed E-state index contributed by atoms with van der Waals surface area (Å²) in [6.45, 7) is 1.96. The number of hydrogen-bond donors (Lipinski definition) is 1. The highest BCUT2D eigenvalue weighted by Gasteiger charge is 2.23. The number of nitrogens with two attached hydrogens (primary N) is 1. The van der Waals surface area contributed by atoms with Crippen molar-refractivity contribution in [3.05, 3.63) is 23.5 Å². The van der Waals surface area contributed by atoms with E-state index in [1.165, 1.54) is 17.4 Å². The van der Waals surface area contributed by atoms with Crippen molar-refractivity contribution in [3.8, 4) is 0 Å². The summed E-state index contributed by atoms with van der Waals surface area (Å²) in [5.41, 5.74) is 5.63. The molecule has 1 rings (SSSR count). The zero-order valence-corrected chi connectivity index (χ0v) is 12.2. The molecule has 0 radical (unpaired) electrons. The number of aryl methyl sites for hydroxylation is 1. The Morgan fingerprint density at radius 1 is 1.44 bits per heavy atom. The van der Waals surface area contributed by atoms with Crippen molar-refractivity contribution < 1.29 is 12.8 Å². The van der Waals surface area contributed by atoms with Crippen LogP contribution in [-0.2, 0) is 10.0 Å². The number of halogens is 1. The van der Waals surface area contributed by atoms with Crippen LogP contribution in [0.15, 0.2) is 17.0 Å². The van der Waals surface area contributed by atoms with Gasteiger partial charge in [0.05, 0.1) is 10.6 Å². The van der Waals surface area contributed by atoms with Crippen LogP contribution in [-0.4, -0.2) is 38.3 Å². The number of nitrogen functional groups attached to an aromatic ring is 1. The molecule has 0 saturated heterocycles. The maximum atomic E-state index is 13.2. The summed E-state index contributed by atoms with van der Waals surface area (Å²) in [4.78, 5) is 0.0602. The van der Waals surface area contributed by atoms with Gasteiger partial charge in [-0.2, -0.15) is 11.8 Å². The molecular weight excluding hydrogens is 275 g/mol. The van der Waals surface area contributed by atoms with Gasteiger partial charge in [0.25, 0.3) is 0 Å². The first-order valence-corrected chi connectivity index (χ1v) is 8.15. The number of thioether (sulfide) groups is 1. The van der Waals surface area contributed by atoms with Crippen LogP contribution in [0.2, 0.25) is 0 Å². The number of anilines is 1. The van der Waals surface area contributed by atoms with Gasteiger partial charge in [-0.3, -0.25) is 0 Å². The normalized spacial score (nSPS) is 12.1. The first-order chi connectivity index (χ1) is 8.30. The topological polar surface area (TPSA) is 63.4 Å². The second-order valence-electron chi connectivity index (χ2n) is 3.96. The largest absolute Gasteiger partial charge is 0.396 e. The molecule has 0 saturated carbocycles. The average molecular weight is 292 g/mol. The van der Waals surface area contributed by atoms with E-state index >= 15 is 0 Å². The molecule has 0 amide bonds. The van der Waals surface area contributed by atoms with Crippen LogP contribution in [0.5, 0.6) is 0 Å². The lowest BCUT2D eigenvalue weighted by Gasteiger charge is -2.18. The van der Waals surface area contributed by atoms with Gasteiger partial charge in [0.15, 0.2) is 0 Å². The van der Waals surface area contributed by atoms with Gasteiger partial charge in [0.1, 0.15) is 5.82 Å². The van der Waals surface area contributed by atoms with E-state index in [4.69, 9.17) is 5.73 Å². The maximum absolute atomic E-state index is 13.2. The van der Waals surface area contributed by atoms with Gasteiger partial charge < -0.3 is 5.73 Å². The molecular formula is C11H17FN2O2S2. The predicted molar refractivity (Wildman–Crippen MR) is 73.7 cm³/mol. The summed E-state index contributed by atoms with van der Waals surface area (Å²) >= 11 is 1.56. The van der Waals surface area contributed by atoms with Gasteiger partial charge in [-0.1, -0.05) is 0 Å². The van der Waals surface area contributed by atoms with Crippen LogP contribution in [0.4, 0.5) is 10.1 Å². The van der Waals surface area contributed by atoms with Crippen LogP contribution in [0, 0.1) is 12.7 Å². The summed E-state index contributed by atoms with van der Waals surface area (Å²) in [5.74, 6) is 0.101. The fraction of sp³-hybridized carbons (Fsp3) is 0.455. The number of hydrogen-bond acceptors (Lipinski definition) is 4. The Labute approximate surface area is 111 Å². The fourth-order valence-electron chi connectivity index (χ4n) is 1.45. The smallest absolute Gasteiger partial charge is 0.243 e. The summed E-state index contributed by atoms with van der Waals surface area (Å²) in [6.07, 6.45) is 1.90. The summed E-state index contributed by atoms with van der Waals surface area (Å²) < 4.78 is 39.0. The lowest BCUT2D eigenvalue weighted by molar-refractivity contribution is 0.488. The highest BCUT2D eigenvalue weighted by atomic mass is 32.2. The quantitative estimate of drug-likeness (QED) is 0.839. The van der Waals surface area contributed by atoms with E-state index in [1.54, 1.807) is 18.7 Å². The van der Waals surface area contributed by atoms with Crippen LogP contribution in [0.25, 0.3) is 0 Å². The third-order valence-electron chi connectivity index (χ3n) is 2.59. The molecule has 0 aliphatic heterocycles. The molecule has 0 aromatic heterocycles. The Morgan fingerprint density at radius 2 is 2.06 bits per heavy atom. The fourth-order valence-corrected chi connectivity index (χ4v) is 3.44. The molecule has 0 aliphatic rings. The predicted octanol–water partition coefficient (Wildman–Crippen LogP) is 1.70. The van der Waals surface area contributed by atoms with Gasteiger partial charge in [-0.25, -0.2) is 17.1 Å². The molecule has 0 aliphatic carbocycles. The van der Waals surface area contributed by atoms with E-state index < -0.39 is 15.8 Å². The van der Waals surface area contributed by atoms with E-state index in [9.17, 15) is 12.8 Å². The van der Waals surface area contributed by atoms with Crippen molar-refractivity contribution >= 4 is 27.5 Å². The first-order valence-electron chi connectivity index (χ1n) is 5.31. The van der Waals surface area contributed by atoms with Crippen LogP contribution >= 0.6 is 11.8 Å². The maximum Gasteiger partial charge on any atom is 0.243 e. The summed E-state index contributed by atoms with van der Waals surface area (Å²) in [6, 6.07) is 2.32. The van der Waals surface area contributed by atoms with E-state index in [-0.39, 0.29) is 10.6 Å². The Morgan fingerprint density at radius 3 is 2.61 bits per heavy atom. The van der Waals surface area contributed by atoms with Gasteiger partial charge in [-0.15, -0.1) is 0 Å². The number of sulfonamides is 1. The molecule has 0 spiro atoms. The molecule has 0 heterocycles. The molecule has 0 atom stereocenters. The standard InChI is InChI=1S/C11H17FN2O2S2/c1-8-6-9(12)10(13)7-11(8)18(15,16)14(2)4-5-17-3/h6-7H,4-5,13H2,1-3H3. The van der Waals surface area contributed by atoms with E-state index in [1.807, 2.05) is 6.26 Å². The zero-order valence-electron chi connectivity index (χ0n) is 10.6. The highest BCUT2D eigenvalue weighted by Crippen LogP contribution is 2.24. The van der Waals surface area contributed by atoms with Crippen molar-refractivity contribution in [2.45, 2.75) is 11.8 Å². The van der Waals surface area contributed by atoms with Crippen LogP contribution in [0.3, 0.4) is 0 Å².